The van der Waals surface area contributed by atoms with Crippen LogP contribution in [-0.2, 0) is 4.74 Å². The van der Waals surface area contributed by atoms with Gasteiger partial charge in [0, 0.05) is 11.9 Å². The molecular weight excluding hydrogens is 256 g/mol. The first kappa shape index (κ1) is 14.0. The van der Waals surface area contributed by atoms with Gasteiger partial charge in [0.15, 0.2) is 0 Å². The number of esters is 1. The number of rotatable bonds is 5. The molecule has 0 aliphatic carbocycles. The van der Waals surface area contributed by atoms with Crippen LogP contribution in [-0.4, -0.2) is 29.6 Å². The van der Waals surface area contributed by atoms with Crippen LogP contribution in [0.15, 0.2) is 18.2 Å². The molecule has 2 rings (SSSR count). The van der Waals surface area contributed by atoms with Crippen LogP contribution in [0.3, 0.4) is 0 Å². The van der Waals surface area contributed by atoms with Gasteiger partial charge in [-0.3, -0.25) is 0 Å². The number of aromatic nitrogens is 2. The summed E-state index contributed by atoms with van der Waals surface area (Å²) in [7, 11) is 1.35. The van der Waals surface area contributed by atoms with Gasteiger partial charge < -0.3 is 15.8 Å². The number of nitrogen functional groups attached to an aromatic ring is 1. The third kappa shape index (κ3) is 2.96. The van der Waals surface area contributed by atoms with E-state index in [4.69, 9.17) is 10.5 Å². The minimum Gasteiger partial charge on any atom is -0.465 e. The van der Waals surface area contributed by atoms with Crippen LogP contribution >= 0.6 is 0 Å². The van der Waals surface area contributed by atoms with E-state index in [2.05, 4.69) is 22.2 Å². The van der Waals surface area contributed by atoms with Crippen molar-refractivity contribution in [3.05, 3.63) is 23.8 Å². The average molecular weight is 274 g/mol. The van der Waals surface area contributed by atoms with Gasteiger partial charge in [-0.05, 0) is 24.6 Å². The van der Waals surface area contributed by atoms with Crippen molar-refractivity contribution in [1.82, 2.24) is 9.97 Å². The molecule has 0 aliphatic rings. The van der Waals surface area contributed by atoms with Gasteiger partial charge in [-0.25, -0.2) is 9.78 Å². The first-order valence-corrected chi connectivity index (χ1v) is 6.55. The van der Waals surface area contributed by atoms with Crippen molar-refractivity contribution in [2.24, 2.45) is 0 Å². The molecule has 0 radical (unpaired) electrons. The number of anilines is 2. The fourth-order valence-corrected chi connectivity index (χ4v) is 1.91. The molecule has 6 heteroatoms. The summed E-state index contributed by atoms with van der Waals surface area (Å²) in [4.78, 5) is 20.0. The van der Waals surface area contributed by atoms with E-state index in [-0.39, 0.29) is 11.9 Å². The van der Waals surface area contributed by atoms with Gasteiger partial charge in [-0.15, -0.1) is 0 Å². The Morgan fingerprint density at radius 3 is 2.90 bits per heavy atom. The number of unbranched alkanes of at least 4 members (excludes halogenated alkanes) is 1. The molecule has 0 atom stereocenters. The fraction of sp³-hybridized carbons (Fsp3) is 0.357. The molecule has 106 valence electrons. The lowest BCUT2D eigenvalue weighted by Gasteiger charge is -2.10. The molecule has 0 spiro atoms. The van der Waals surface area contributed by atoms with Gasteiger partial charge in [0.25, 0.3) is 0 Å². The summed E-state index contributed by atoms with van der Waals surface area (Å²) in [6, 6.07) is 5.12. The quantitative estimate of drug-likeness (QED) is 0.641. The number of carbonyl (C=O) groups excluding carboxylic acids is 1. The minimum absolute atomic E-state index is 0.210. The molecule has 0 bridgehead atoms. The molecule has 3 N–H and O–H groups in total. The zero-order valence-electron chi connectivity index (χ0n) is 11.6. The highest BCUT2D eigenvalue weighted by Gasteiger charge is 2.11. The smallest absolute Gasteiger partial charge is 0.337 e. The second-order valence-corrected chi connectivity index (χ2v) is 4.43. The van der Waals surface area contributed by atoms with Crippen molar-refractivity contribution in [3.8, 4) is 0 Å². The summed E-state index contributed by atoms with van der Waals surface area (Å²) in [5.41, 5.74) is 6.86. The van der Waals surface area contributed by atoms with Crippen molar-refractivity contribution in [1.29, 1.82) is 0 Å². The monoisotopic (exact) mass is 274 g/mol. The van der Waals surface area contributed by atoms with Crippen LogP contribution < -0.4 is 11.1 Å². The summed E-state index contributed by atoms with van der Waals surface area (Å²) in [5.74, 6) is 0.470. The molecule has 0 fully saturated rings. The lowest BCUT2D eigenvalue weighted by Crippen LogP contribution is -2.07. The maximum Gasteiger partial charge on any atom is 0.337 e. The van der Waals surface area contributed by atoms with Crippen LogP contribution in [0.1, 0.15) is 30.1 Å². The maximum atomic E-state index is 11.6. The summed E-state index contributed by atoms with van der Waals surface area (Å²) in [6.07, 6.45) is 2.11. The van der Waals surface area contributed by atoms with Crippen molar-refractivity contribution >= 4 is 28.6 Å². The van der Waals surface area contributed by atoms with E-state index in [1.165, 1.54) is 7.11 Å². The highest BCUT2D eigenvalue weighted by molar-refractivity contribution is 5.98. The highest BCUT2D eigenvalue weighted by Crippen LogP contribution is 2.23. The SMILES string of the molecule is CCCCNc1nc(N)nc2ccc(C(=O)OC)cc12. The van der Waals surface area contributed by atoms with Gasteiger partial charge in [0.1, 0.15) is 5.82 Å². The Balaban J connectivity index is 2.44. The normalized spacial score (nSPS) is 10.5. The van der Waals surface area contributed by atoms with Crippen molar-refractivity contribution < 1.29 is 9.53 Å². The molecule has 1 aromatic heterocycles. The summed E-state index contributed by atoms with van der Waals surface area (Å²) >= 11 is 0. The topological polar surface area (TPSA) is 90.1 Å². The average Bonchev–Trinajstić information content (AvgIpc) is 2.46. The number of methoxy groups -OCH3 is 1. The molecule has 1 aromatic carbocycles. The van der Waals surface area contributed by atoms with Crippen molar-refractivity contribution in [2.45, 2.75) is 19.8 Å². The van der Waals surface area contributed by atoms with E-state index < -0.39 is 0 Å². The molecule has 20 heavy (non-hydrogen) atoms. The Kier molecular flexibility index (Phi) is 4.34. The predicted molar refractivity (Wildman–Crippen MR) is 78.7 cm³/mol. The molecule has 1 heterocycles. The summed E-state index contributed by atoms with van der Waals surface area (Å²) in [6.45, 7) is 2.91. The summed E-state index contributed by atoms with van der Waals surface area (Å²) < 4.78 is 4.72. The van der Waals surface area contributed by atoms with E-state index in [1.807, 2.05) is 0 Å². The van der Waals surface area contributed by atoms with Crippen LogP contribution in [0.5, 0.6) is 0 Å². The van der Waals surface area contributed by atoms with Crippen LogP contribution in [0.25, 0.3) is 10.9 Å². The molecule has 0 aliphatic heterocycles. The Labute approximate surface area is 117 Å². The van der Waals surface area contributed by atoms with Crippen LogP contribution in [0.4, 0.5) is 11.8 Å². The molecular formula is C14H18N4O2. The Morgan fingerprint density at radius 1 is 1.40 bits per heavy atom. The zero-order valence-corrected chi connectivity index (χ0v) is 11.6. The first-order valence-electron chi connectivity index (χ1n) is 6.55. The fourth-order valence-electron chi connectivity index (χ4n) is 1.91. The van der Waals surface area contributed by atoms with Gasteiger partial charge >= 0.3 is 5.97 Å². The molecule has 0 unspecified atom stereocenters. The zero-order chi connectivity index (χ0) is 14.5. The molecule has 0 saturated heterocycles. The Hall–Kier alpha value is -2.37. The number of hydrogen-bond donors (Lipinski definition) is 2. The number of ether oxygens (including phenoxy) is 1. The number of fused-ring (bicyclic) bond motifs is 1. The van der Waals surface area contributed by atoms with Gasteiger partial charge in [0.2, 0.25) is 5.95 Å². The first-order chi connectivity index (χ1) is 9.65. The van der Waals surface area contributed by atoms with Gasteiger partial charge in [-0.1, -0.05) is 13.3 Å². The third-order valence-corrected chi connectivity index (χ3v) is 2.96. The van der Waals surface area contributed by atoms with E-state index in [9.17, 15) is 4.79 Å². The van der Waals surface area contributed by atoms with E-state index >= 15 is 0 Å². The number of hydrogen-bond acceptors (Lipinski definition) is 6. The third-order valence-electron chi connectivity index (χ3n) is 2.96. The van der Waals surface area contributed by atoms with Crippen molar-refractivity contribution in [3.63, 3.8) is 0 Å². The van der Waals surface area contributed by atoms with Gasteiger partial charge in [0.05, 0.1) is 18.2 Å². The summed E-state index contributed by atoms with van der Waals surface area (Å²) in [5, 5.41) is 3.99. The lowest BCUT2D eigenvalue weighted by molar-refractivity contribution is 0.0601. The van der Waals surface area contributed by atoms with Crippen LogP contribution in [0.2, 0.25) is 0 Å². The molecule has 0 saturated carbocycles. The molecule has 2 aromatic rings. The Bertz CT molecular complexity index is 628. The molecule has 6 nitrogen and oxygen atoms in total. The largest absolute Gasteiger partial charge is 0.465 e. The molecule has 0 amide bonds. The van der Waals surface area contributed by atoms with Crippen LogP contribution in [0, 0.1) is 0 Å². The highest BCUT2D eigenvalue weighted by atomic mass is 16.5. The Morgan fingerprint density at radius 2 is 2.20 bits per heavy atom. The maximum absolute atomic E-state index is 11.6. The van der Waals surface area contributed by atoms with E-state index in [0.29, 0.717) is 16.9 Å². The van der Waals surface area contributed by atoms with E-state index in [0.717, 1.165) is 24.8 Å². The van der Waals surface area contributed by atoms with Gasteiger partial charge in [-0.2, -0.15) is 4.98 Å². The predicted octanol–water partition coefficient (Wildman–Crippen LogP) is 2.21. The number of benzene rings is 1. The second kappa shape index (κ2) is 6.18. The second-order valence-electron chi connectivity index (χ2n) is 4.43. The van der Waals surface area contributed by atoms with Crippen molar-refractivity contribution in [2.75, 3.05) is 24.7 Å². The number of nitrogens with one attached hydrogen (secondary N) is 1. The lowest BCUT2D eigenvalue weighted by atomic mass is 10.1. The standard InChI is InChI=1S/C14H18N4O2/c1-3-4-7-16-12-10-8-9(13(19)20-2)5-6-11(10)17-14(15)18-12/h5-6,8H,3-4,7H2,1-2H3,(H3,15,16,17,18). The number of nitrogens with zero attached hydrogens (tertiary/aromatic N) is 2. The number of nitrogens with two attached hydrogens (primary N) is 1. The van der Waals surface area contributed by atoms with E-state index in [1.54, 1.807) is 18.2 Å². The number of carbonyl (C=O) groups is 1. The minimum atomic E-state index is -0.386.